The van der Waals surface area contributed by atoms with E-state index in [2.05, 4.69) is 0 Å². The van der Waals surface area contributed by atoms with Crippen molar-refractivity contribution in [1.29, 1.82) is 0 Å². The van der Waals surface area contributed by atoms with Crippen molar-refractivity contribution in [3.05, 3.63) is 0 Å². The van der Waals surface area contributed by atoms with E-state index in [1.165, 1.54) is 0 Å². The fourth-order valence-corrected chi connectivity index (χ4v) is 0.607. The number of hydrogen-bond donors (Lipinski definition) is 0. The summed E-state index contributed by atoms with van der Waals surface area (Å²) in [7, 11) is -4.09. The van der Waals surface area contributed by atoms with Crippen molar-refractivity contribution in [3.63, 3.8) is 0 Å². The van der Waals surface area contributed by atoms with Gasteiger partial charge in [0.25, 0.3) is 20.1 Å². The number of sulfone groups is 1. The topological polar surface area (TPSA) is 68.3 Å². The molecule has 0 aliphatic carbocycles. The Labute approximate surface area is 81.2 Å². The van der Waals surface area contributed by atoms with E-state index in [9.17, 15) is 18.0 Å². The monoisotopic (exact) mass is 173 g/mol. The molecule has 53 valence electrons. The number of carbonyl (C=O) groups is 2. The van der Waals surface area contributed by atoms with Crippen LogP contribution >= 0.6 is 0 Å². The summed E-state index contributed by atoms with van der Waals surface area (Å²) in [6.45, 7) is 1.69. The molecule has 6 heteroatoms. The van der Waals surface area contributed by atoms with Crippen molar-refractivity contribution in [2.45, 2.75) is 13.8 Å². The Balaban J connectivity index is 0. The average molecular weight is 173 g/mol. The molecule has 0 spiro atoms. The molecule has 0 amide bonds. The fourth-order valence-electron chi connectivity index (χ4n) is 0.202. The molecule has 0 bridgehead atoms. The Morgan fingerprint density at radius 2 is 1.20 bits per heavy atom. The first-order chi connectivity index (χ1) is 3.89. The predicted molar refractivity (Wildman–Crippen MR) is 36.0 cm³/mol. The molecule has 0 N–H and O–H groups in total. The quantitative estimate of drug-likeness (QED) is 0.446. The van der Waals surface area contributed by atoms with Crippen molar-refractivity contribution < 1.29 is 18.0 Å². The molecular formula is C4H6NaO4S. The first-order valence-corrected chi connectivity index (χ1v) is 3.63. The second-order valence-corrected chi connectivity index (χ2v) is 3.64. The van der Waals surface area contributed by atoms with Gasteiger partial charge in [-0.05, 0) is 0 Å². The zero-order valence-electron chi connectivity index (χ0n) is 6.04. The van der Waals surface area contributed by atoms with Crippen LogP contribution < -0.4 is 0 Å². The van der Waals surface area contributed by atoms with Crippen LogP contribution in [0, 0.1) is 0 Å². The third-order valence-corrected chi connectivity index (χ3v) is 2.27. The minimum atomic E-state index is -4.09. The van der Waals surface area contributed by atoms with Crippen molar-refractivity contribution in [2.24, 2.45) is 0 Å². The van der Waals surface area contributed by atoms with Gasteiger partial charge in [-0.15, -0.1) is 0 Å². The Kier molecular flexibility index (Phi) is 5.46. The summed E-state index contributed by atoms with van der Waals surface area (Å²) in [4.78, 5) is 20.2. The summed E-state index contributed by atoms with van der Waals surface area (Å²) in [5, 5.41) is -2.20. The van der Waals surface area contributed by atoms with Gasteiger partial charge in [0.2, 0.25) is 0 Å². The molecule has 1 radical (unpaired) electrons. The van der Waals surface area contributed by atoms with Gasteiger partial charge < -0.3 is 0 Å². The molecule has 10 heavy (non-hydrogen) atoms. The van der Waals surface area contributed by atoms with Gasteiger partial charge in [0.05, 0.1) is 0 Å². The summed E-state index contributed by atoms with van der Waals surface area (Å²) in [6, 6.07) is 0. The molecule has 0 aromatic carbocycles. The molecule has 0 saturated carbocycles. The van der Waals surface area contributed by atoms with E-state index in [0.29, 0.717) is 0 Å². The van der Waals surface area contributed by atoms with Gasteiger partial charge >= 0.3 is 0 Å². The fraction of sp³-hybridized carbons (Fsp3) is 0.500. The van der Waals surface area contributed by atoms with Crippen LogP contribution in [0.3, 0.4) is 0 Å². The molecule has 0 saturated heterocycles. The Morgan fingerprint density at radius 1 is 1.00 bits per heavy atom. The van der Waals surface area contributed by atoms with Crippen molar-refractivity contribution in [2.75, 3.05) is 0 Å². The molecule has 0 atom stereocenters. The summed E-state index contributed by atoms with van der Waals surface area (Å²) < 4.78 is 20.7. The summed E-state index contributed by atoms with van der Waals surface area (Å²) in [5.41, 5.74) is 0. The molecule has 0 heterocycles. The van der Waals surface area contributed by atoms with Gasteiger partial charge in [0.1, 0.15) is 0 Å². The van der Waals surface area contributed by atoms with Crippen LogP contribution in [0.1, 0.15) is 13.8 Å². The maximum absolute atomic E-state index is 10.3. The van der Waals surface area contributed by atoms with E-state index in [0.717, 1.165) is 13.8 Å². The van der Waals surface area contributed by atoms with E-state index in [1.54, 1.807) is 0 Å². The Morgan fingerprint density at radius 3 is 1.20 bits per heavy atom. The van der Waals surface area contributed by atoms with Gasteiger partial charge in [0, 0.05) is 43.4 Å². The molecule has 0 aromatic rings. The van der Waals surface area contributed by atoms with Crippen LogP contribution in [0.2, 0.25) is 0 Å². The van der Waals surface area contributed by atoms with Crippen molar-refractivity contribution >= 4 is 49.6 Å². The smallest absolute Gasteiger partial charge is 0.272 e. The van der Waals surface area contributed by atoms with E-state index < -0.39 is 20.1 Å². The Bertz CT molecular complexity index is 220. The van der Waals surface area contributed by atoms with Crippen molar-refractivity contribution in [3.8, 4) is 0 Å². The molecule has 0 fully saturated rings. The van der Waals surface area contributed by atoms with Crippen LogP contribution in [0.25, 0.3) is 0 Å². The van der Waals surface area contributed by atoms with E-state index in [-0.39, 0.29) is 29.6 Å². The zero-order valence-corrected chi connectivity index (χ0v) is 8.86. The summed E-state index contributed by atoms with van der Waals surface area (Å²) in [6.07, 6.45) is 0. The Hall–Kier alpha value is 0.290. The van der Waals surface area contributed by atoms with Crippen LogP contribution in [0.15, 0.2) is 0 Å². The third-order valence-electron chi connectivity index (χ3n) is 0.757. The minimum Gasteiger partial charge on any atom is -0.282 e. The second-order valence-electron chi connectivity index (χ2n) is 1.49. The molecular weight excluding hydrogens is 167 g/mol. The van der Waals surface area contributed by atoms with E-state index in [1.807, 2.05) is 0 Å². The second kappa shape index (κ2) is 4.23. The first-order valence-electron chi connectivity index (χ1n) is 2.15. The summed E-state index contributed by atoms with van der Waals surface area (Å²) >= 11 is 0. The SMILES string of the molecule is CC(=O)S(=O)(=O)C(C)=O.[Na]. The van der Waals surface area contributed by atoms with Gasteiger partial charge in [-0.1, -0.05) is 0 Å². The van der Waals surface area contributed by atoms with Crippen LogP contribution in [0.5, 0.6) is 0 Å². The molecule has 4 nitrogen and oxygen atoms in total. The summed E-state index contributed by atoms with van der Waals surface area (Å²) in [5.74, 6) is 0. The average Bonchev–Trinajstić information content (AvgIpc) is 1.65. The zero-order chi connectivity index (χ0) is 7.65. The van der Waals surface area contributed by atoms with Crippen LogP contribution in [0.4, 0.5) is 0 Å². The molecule has 0 rings (SSSR count). The van der Waals surface area contributed by atoms with E-state index in [4.69, 9.17) is 0 Å². The van der Waals surface area contributed by atoms with Gasteiger partial charge in [0.15, 0.2) is 0 Å². The molecule has 0 unspecified atom stereocenters. The van der Waals surface area contributed by atoms with E-state index >= 15 is 0 Å². The number of carbonyl (C=O) groups excluding carboxylic acids is 2. The first kappa shape index (κ1) is 12.9. The molecule has 0 aliphatic rings. The third kappa shape index (κ3) is 2.92. The van der Waals surface area contributed by atoms with Crippen LogP contribution in [-0.2, 0) is 19.4 Å². The molecule has 0 aromatic heterocycles. The van der Waals surface area contributed by atoms with Gasteiger partial charge in [-0.2, -0.15) is 0 Å². The predicted octanol–water partition coefficient (Wildman–Crippen LogP) is -0.887. The van der Waals surface area contributed by atoms with Crippen molar-refractivity contribution in [1.82, 2.24) is 0 Å². The van der Waals surface area contributed by atoms with Gasteiger partial charge in [-0.3, -0.25) is 9.59 Å². The largest absolute Gasteiger partial charge is 0.282 e. The standard InChI is InChI=1S/C4H6O4S.Na/c1-3(5)9(7,8)4(2)6;/h1-2H3;. The minimum absolute atomic E-state index is 0. The number of hydrogen-bond acceptors (Lipinski definition) is 4. The normalized spacial score (nSPS) is 9.80. The van der Waals surface area contributed by atoms with Crippen LogP contribution in [-0.4, -0.2) is 48.2 Å². The maximum Gasteiger partial charge on any atom is 0.272 e. The van der Waals surface area contributed by atoms with Gasteiger partial charge in [-0.25, -0.2) is 8.42 Å². The maximum atomic E-state index is 10.3. The molecule has 0 aliphatic heterocycles. The number of rotatable bonds is 0.